The van der Waals surface area contributed by atoms with E-state index in [4.69, 9.17) is 4.74 Å². The second-order valence-corrected chi connectivity index (χ2v) is 7.44. The van der Waals surface area contributed by atoms with Gasteiger partial charge in [-0.1, -0.05) is 6.42 Å². The van der Waals surface area contributed by atoms with Gasteiger partial charge in [-0.2, -0.15) is 13.2 Å². The number of halogens is 3. The third kappa shape index (κ3) is 3.75. The van der Waals surface area contributed by atoms with Gasteiger partial charge < -0.3 is 15.0 Å². The average Bonchev–Trinajstić information content (AvgIpc) is 2.72. The van der Waals surface area contributed by atoms with E-state index in [0.29, 0.717) is 13.2 Å². The number of likely N-dealkylation sites (tertiary alicyclic amines) is 1. The van der Waals surface area contributed by atoms with Crippen molar-refractivity contribution in [1.29, 1.82) is 0 Å². The van der Waals surface area contributed by atoms with Gasteiger partial charge >= 0.3 is 12.2 Å². The minimum atomic E-state index is -4.27. The maximum Gasteiger partial charge on any atom is 0.394 e. The second kappa shape index (κ2) is 6.49. The number of urea groups is 1. The zero-order chi connectivity index (χ0) is 17.3. The fourth-order valence-corrected chi connectivity index (χ4v) is 3.88. The molecule has 1 aliphatic heterocycles. The van der Waals surface area contributed by atoms with Crippen molar-refractivity contribution in [3.63, 3.8) is 0 Å². The maximum absolute atomic E-state index is 13.1. The van der Waals surface area contributed by atoms with Crippen molar-refractivity contribution in [2.24, 2.45) is 11.3 Å². The zero-order valence-corrected chi connectivity index (χ0v) is 14.1. The quantitative estimate of drug-likeness (QED) is 0.834. The number of amides is 2. The summed E-state index contributed by atoms with van der Waals surface area (Å²) >= 11 is 0. The first-order valence-electron chi connectivity index (χ1n) is 8.23. The summed E-state index contributed by atoms with van der Waals surface area (Å²) in [6.45, 7) is 4.30. The molecular formula is C16H27F3N2O2. The molecule has 2 fully saturated rings. The van der Waals surface area contributed by atoms with Crippen LogP contribution in [0, 0.1) is 11.3 Å². The molecule has 1 aliphatic carbocycles. The summed E-state index contributed by atoms with van der Waals surface area (Å²) in [7, 11) is 1.65. The molecule has 1 N–H and O–H groups in total. The van der Waals surface area contributed by atoms with Crippen molar-refractivity contribution < 1.29 is 22.7 Å². The minimum absolute atomic E-state index is 0.0290. The predicted molar refractivity (Wildman–Crippen MR) is 81.1 cm³/mol. The van der Waals surface area contributed by atoms with Gasteiger partial charge in [0, 0.05) is 26.8 Å². The highest BCUT2D eigenvalue weighted by Crippen LogP contribution is 2.45. The Labute approximate surface area is 135 Å². The molecule has 0 aromatic carbocycles. The molecule has 0 spiro atoms. The number of rotatable bonds is 5. The Bertz CT molecular complexity index is 434. The Hall–Kier alpha value is -0.980. The van der Waals surface area contributed by atoms with Crippen LogP contribution in [0.15, 0.2) is 0 Å². The molecular weight excluding hydrogens is 309 g/mol. The largest absolute Gasteiger partial charge is 0.394 e. The van der Waals surface area contributed by atoms with Crippen molar-refractivity contribution >= 4 is 6.03 Å². The third-order valence-electron chi connectivity index (χ3n) is 5.70. The molecule has 7 heteroatoms. The number of hydrogen-bond donors (Lipinski definition) is 1. The van der Waals surface area contributed by atoms with E-state index in [0.717, 1.165) is 25.7 Å². The molecule has 0 bridgehead atoms. The van der Waals surface area contributed by atoms with Crippen LogP contribution in [0.25, 0.3) is 0 Å². The Morgan fingerprint density at radius 3 is 2.43 bits per heavy atom. The van der Waals surface area contributed by atoms with Crippen LogP contribution in [0.3, 0.4) is 0 Å². The smallest absolute Gasteiger partial charge is 0.385 e. The van der Waals surface area contributed by atoms with E-state index in [1.54, 1.807) is 7.11 Å². The van der Waals surface area contributed by atoms with Gasteiger partial charge in [0.15, 0.2) is 0 Å². The summed E-state index contributed by atoms with van der Waals surface area (Å²) in [4.78, 5) is 13.8. The molecule has 1 atom stereocenters. The maximum atomic E-state index is 13.1. The highest BCUT2D eigenvalue weighted by Gasteiger charge is 2.56. The molecule has 134 valence electrons. The van der Waals surface area contributed by atoms with Crippen LogP contribution in [0.5, 0.6) is 0 Å². The van der Waals surface area contributed by atoms with Crippen LogP contribution in [0.1, 0.15) is 46.0 Å². The monoisotopic (exact) mass is 336 g/mol. The first kappa shape index (κ1) is 18.4. The SMILES string of the molecule is COCCC1(CNC(=O)N2CC[C@H](C(F)(F)F)C2(C)C)CCC1. The molecule has 0 radical (unpaired) electrons. The van der Waals surface area contributed by atoms with Gasteiger partial charge in [-0.25, -0.2) is 4.79 Å². The summed E-state index contributed by atoms with van der Waals surface area (Å²) < 4.78 is 44.4. The normalized spacial score (nSPS) is 26.0. The minimum Gasteiger partial charge on any atom is -0.385 e. The van der Waals surface area contributed by atoms with E-state index in [2.05, 4.69) is 5.32 Å². The summed E-state index contributed by atoms with van der Waals surface area (Å²) in [6.07, 6.45) is -0.232. The van der Waals surface area contributed by atoms with Crippen LogP contribution >= 0.6 is 0 Å². The van der Waals surface area contributed by atoms with Crippen molar-refractivity contribution in [3.05, 3.63) is 0 Å². The first-order chi connectivity index (χ1) is 10.6. The van der Waals surface area contributed by atoms with E-state index in [9.17, 15) is 18.0 Å². The van der Waals surface area contributed by atoms with Gasteiger partial charge in [-0.05, 0) is 44.9 Å². The van der Waals surface area contributed by atoms with Crippen LogP contribution in [-0.4, -0.2) is 49.5 Å². The number of nitrogens with zero attached hydrogens (tertiary/aromatic N) is 1. The fourth-order valence-electron chi connectivity index (χ4n) is 3.88. The lowest BCUT2D eigenvalue weighted by Gasteiger charge is -2.43. The number of methoxy groups -OCH3 is 1. The van der Waals surface area contributed by atoms with Gasteiger partial charge in [0.1, 0.15) is 0 Å². The molecule has 2 amide bonds. The van der Waals surface area contributed by atoms with E-state index in [1.165, 1.54) is 18.7 Å². The summed E-state index contributed by atoms with van der Waals surface area (Å²) in [5, 5.41) is 2.87. The van der Waals surface area contributed by atoms with Crippen molar-refractivity contribution in [1.82, 2.24) is 10.2 Å². The van der Waals surface area contributed by atoms with Gasteiger partial charge in [-0.3, -0.25) is 0 Å². The highest BCUT2D eigenvalue weighted by atomic mass is 19.4. The summed E-state index contributed by atoms with van der Waals surface area (Å²) in [5.74, 6) is -1.47. The van der Waals surface area contributed by atoms with Gasteiger partial charge in [0.05, 0.1) is 11.5 Å². The predicted octanol–water partition coefficient (Wildman–Crippen LogP) is 3.57. The highest BCUT2D eigenvalue weighted by molar-refractivity contribution is 5.75. The number of hydrogen-bond acceptors (Lipinski definition) is 2. The van der Waals surface area contributed by atoms with E-state index >= 15 is 0 Å². The van der Waals surface area contributed by atoms with Crippen molar-refractivity contribution in [2.45, 2.75) is 57.7 Å². The molecule has 1 saturated heterocycles. The fraction of sp³-hybridized carbons (Fsp3) is 0.938. The molecule has 2 rings (SSSR count). The second-order valence-electron chi connectivity index (χ2n) is 7.44. The molecule has 2 aliphatic rings. The molecule has 23 heavy (non-hydrogen) atoms. The Morgan fingerprint density at radius 1 is 1.35 bits per heavy atom. The van der Waals surface area contributed by atoms with Crippen LogP contribution in [-0.2, 0) is 4.74 Å². The Kier molecular flexibility index (Phi) is 5.18. The first-order valence-corrected chi connectivity index (χ1v) is 8.23. The summed E-state index contributed by atoms with van der Waals surface area (Å²) in [6, 6.07) is -0.384. The van der Waals surface area contributed by atoms with Crippen molar-refractivity contribution in [2.75, 3.05) is 26.8 Å². The van der Waals surface area contributed by atoms with Gasteiger partial charge in [0.2, 0.25) is 0 Å². The van der Waals surface area contributed by atoms with Gasteiger partial charge in [-0.15, -0.1) is 0 Å². The number of alkyl halides is 3. The average molecular weight is 336 g/mol. The number of carbonyl (C=O) groups excluding carboxylic acids is 1. The lowest BCUT2D eigenvalue weighted by molar-refractivity contribution is -0.189. The number of nitrogens with one attached hydrogen (secondary N) is 1. The van der Waals surface area contributed by atoms with Crippen LogP contribution < -0.4 is 5.32 Å². The molecule has 0 aromatic heterocycles. The Balaban J connectivity index is 1.93. The standard InChI is InChI=1S/C16H27F3N2O2/c1-14(2)12(16(17,18)19)5-9-21(14)13(22)20-11-15(6-4-7-15)8-10-23-3/h12H,4-11H2,1-3H3,(H,20,22)/t12-/m0/s1. The molecule has 4 nitrogen and oxygen atoms in total. The van der Waals surface area contributed by atoms with E-state index < -0.39 is 17.6 Å². The molecule has 1 saturated carbocycles. The Morgan fingerprint density at radius 2 is 2.00 bits per heavy atom. The number of carbonyl (C=O) groups is 1. The topological polar surface area (TPSA) is 41.6 Å². The lowest BCUT2D eigenvalue weighted by Crippen LogP contribution is -2.54. The third-order valence-corrected chi connectivity index (χ3v) is 5.70. The number of ether oxygens (including phenoxy) is 1. The van der Waals surface area contributed by atoms with Gasteiger partial charge in [0.25, 0.3) is 0 Å². The van der Waals surface area contributed by atoms with E-state index in [-0.39, 0.29) is 24.4 Å². The van der Waals surface area contributed by atoms with Crippen LogP contribution in [0.2, 0.25) is 0 Å². The van der Waals surface area contributed by atoms with Crippen LogP contribution in [0.4, 0.5) is 18.0 Å². The molecule has 0 unspecified atom stereocenters. The lowest BCUT2D eigenvalue weighted by atomic mass is 9.67. The van der Waals surface area contributed by atoms with Crippen molar-refractivity contribution in [3.8, 4) is 0 Å². The zero-order valence-electron chi connectivity index (χ0n) is 14.1. The van der Waals surface area contributed by atoms with E-state index in [1.807, 2.05) is 0 Å². The molecule has 1 heterocycles. The summed E-state index contributed by atoms with van der Waals surface area (Å²) in [5.41, 5.74) is -1.15. The molecule has 0 aromatic rings.